The second-order valence-electron chi connectivity index (χ2n) is 5.63. The van der Waals surface area contributed by atoms with Gasteiger partial charge in [-0.05, 0) is 41.8 Å². The van der Waals surface area contributed by atoms with Crippen molar-refractivity contribution in [1.29, 1.82) is 0 Å². The van der Waals surface area contributed by atoms with E-state index in [0.29, 0.717) is 5.69 Å². The number of thiophene rings is 1. The maximum atomic E-state index is 12.1. The Bertz CT molecular complexity index is 912. The van der Waals surface area contributed by atoms with Gasteiger partial charge in [-0.25, -0.2) is 0 Å². The van der Waals surface area contributed by atoms with Crippen molar-refractivity contribution in [3.63, 3.8) is 0 Å². The topological polar surface area (TPSA) is 79.9 Å². The van der Waals surface area contributed by atoms with Crippen molar-refractivity contribution >= 4 is 57.0 Å². The molecule has 1 unspecified atom stereocenters. The van der Waals surface area contributed by atoms with Gasteiger partial charge in [-0.15, -0.1) is 48.5 Å². The van der Waals surface area contributed by atoms with Crippen LogP contribution in [0.3, 0.4) is 0 Å². The number of benzene rings is 2. The molecule has 0 aliphatic rings. The Balaban J connectivity index is 0.00000280. The molecule has 5 nitrogen and oxygen atoms in total. The molecule has 2 aromatic carbocycles. The quantitative estimate of drug-likeness (QED) is 0.253. The molecule has 1 aromatic heterocycles. The highest BCUT2D eigenvalue weighted by Crippen LogP contribution is 2.30. The number of fused-ring (bicyclic) bond motifs is 1. The molecule has 28 heavy (non-hydrogen) atoms. The van der Waals surface area contributed by atoms with Gasteiger partial charge in [-0.1, -0.05) is 18.2 Å². The Labute approximate surface area is 180 Å². The van der Waals surface area contributed by atoms with E-state index >= 15 is 0 Å². The second kappa shape index (κ2) is 9.43. The smallest absolute Gasteiger partial charge is 0.406 e. The van der Waals surface area contributed by atoms with Gasteiger partial charge >= 0.3 is 6.36 Å². The Morgan fingerprint density at radius 1 is 1.18 bits per heavy atom. The fraction of sp³-hybridized carbons (Fsp3) is 0.167. The van der Waals surface area contributed by atoms with Gasteiger partial charge < -0.3 is 20.9 Å². The van der Waals surface area contributed by atoms with E-state index in [0.717, 1.165) is 27.1 Å². The number of halogens is 4. The van der Waals surface area contributed by atoms with Crippen LogP contribution in [0.4, 0.5) is 18.9 Å². The van der Waals surface area contributed by atoms with Crippen molar-refractivity contribution in [2.24, 2.45) is 10.7 Å². The lowest BCUT2D eigenvalue weighted by molar-refractivity contribution is -0.274. The second-order valence-corrected chi connectivity index (χ2v) is 6.74. The summed E-state index contributed by atoms with van der Waals surface area (Å²) in [6.07, 6.45) is -5.54. The summed E-state index contributed by atoms with van der Waals surface area (Å²) in [6, 6.07) is 14.8. The van der Waals surface area contributed by atoms with Crippen LogP contribution in [0.15, 0.2) is 59.6 Å². The normalized spacial score (nSPS) is 13.1. The number of rotatable bonds is 5. The number of guanidine groups is 1. The van der Waals surface area contributed by atoms with Crippen LogP contribution in [0.1, 0.15) is 11.0 Å². The number of hydrogen-bond donors (Lipinski definition) is 3. The van der Waals surface area contributed by atoms with Crippen molar-refractivity contribution in [3.8, 4) is 5.75 Å². The molecule has 3 rings (SSSR count). The van der Waals surface area contributed by atoms with Crippen LogP contribution in [-0.2, 0) is 0 Å². The summed E-state index contributed by atoms with van der Waals surface area (Å²) in [4.78, 5) is 4.86. The first-order valence-electron chi connectivity index (χ1n) is 7.89. The number of alkyl halides is 3. The van der Waals surface area contributed by atoms with E-state index in [9.17, 15) is 18.3 Å². The SMILES string of the molecule is I.NC(=NCC(O)c1cc2ccccc2s1)Nc1ccc(OC(F)(F)F)cc1. The largest absolute Gasteiger partial charge is 0.573 e. The van der Waals surface area contributed by atoms with Crippen LogP contribution in [0.25, 0.3) is 10.1 Å². The highest BCUT2D eigenvalue weighted by Gasteiger charge is 2.30. The molecule has 3 aromatic rings. The molecule has 0 spiro atoms. The molecule has 10 heteroatoms. The number of ether oxygens (including phenoxy) is 1. The first-order chi connectivity index (χ1) is 12.8. The summed E-state index contributed by atoms with van der Waals surface area (Å²) < 4.78 is 41.3. The monoisotopic (exact) mass is 523 g/mol. The number of aliphatic hydroxyl groups is 1. The minimum Gasteiger partial charge on any atom is -0.406 e. The summed E-state index contributed by atoms with van der Waals surface area (Å²) in [5, 5.41) is 14.1. The summed E-state index contributed by atoms with van der Waals surface area (Å²) in [7, 11) is 0. The van der Waals surface area contributed by atoms with Crippen LogP contribution in [-0.4, -0.2) is 24.0 Å². The lowest BCUT2D eigenvalue weighted by Gasteiger charge is -2.10. The minimum absolute atomic E-state index is 0. The maximum Gasteiger partial charge on any atom is 0.573 e. The van der Waals surface area contributed by atoms with Gasteiger partial charge in [-0.2, -0.15) is 0 Å². The van der Waals surface area contributed by atoms with Crippen molar-refractivity contribution in [2.45, 2.75) is 12.5 Å². The van der Waals surface area contributed by atoms with E-state index in [-0.39, 0.29) is 42.2 Å². The average Bonchev–Trinajstić information content (AvgIpc) is 3.04. The average molecular weight is 523 g/mol. The molecule has 0 radical (unpaired) electrons. The molecule has 0 fully saturated rings. The predicted octanol–water partition coefficient (Wildman–Crippen LogP) is 4.88. The Kier molecular flexibility index (Phi) is 7.49. The zero-order chi connectivity index (χ0) is 19.4. The van der Waals surface area contributed by atoms with Gasteiger partial charge in [-0.3, -0.25) is 4.99 Å². The summed E-state index contributed by atoms with van der Waals surface area (Å²) in [5.41, 5.74) is 6.21. The number of hydrogen-bond acceptors (Lipinski definition) is 4. The minimum atomic E-state index is -4.74. The predicted molar refractivity (Wildman–Crippen MR) is 115 cm³/mol. The van der Waals surface area contributed by atoms with E-state index in [1.165, 1.54) is 23.5 Å². The molecule has 0 saturated heterocycles. The van der Waals surface area contributed by atoms with E-state index in [1.54, 1.807) is 0 Å². The lowest BCUT2D eigenvalue weighted by Crippen LogP contribution is -2.23. The van der Waals surface area contributed by atoms with Gasteiger partial charge in [0, 0.05) is 15.3 Å². The molecule has 4 N–H and O–H groups in total. The van der Waals surface area contributed by atoms with E-state index < -0.39 is 12.5 Å². The van der Waals surface area contributed by atoms with Crippen LogP contribution in [0, 0.1) is 0 Å². The highest BCUT2D eigenvalue weighted by atomic mass is 127. The van der Waals surface area contributed by atoms with Crippen molar-refractivity contribution < 1.29 is 23.0 Å². The standard InChI is InChI=1S/C18H16F3N3O2S.HI/c19-18(20,21)26-13-7-5-12(6-8-13)24-17(22)23-10-14(25)16-9-11-3-1-2-4-15(11)27-16;/h1-9,14,25H,10H2,(H3,22,23,24);1H. The van der Waals surface area contributed by atoms with Gasteiger partial charge in [0.05, 0.1) is 6.54 Å². The lowest BCUT2D eigenvalue weighted by atomic mass is 10.2. The molecule has 0 aliphatic heterocycles. The van der Waals surface area contributed by atoms with Crippen LogP contribution in [0.5, 0.6) is 5.75 Å². The van der Waals surface area contributed by atoms with Crippen LogP contribution in [0.2, 0.25) is 0 Å². The maximum absolute atomic E-state index is 12.1. The van der Waals surface area contributed by atoms with E-state index in [1.807, 2.05) is 30.3 Å². The number of nitrogens with zero attached hydrogens (tertiary/aromatic N) is 1. The van der Waals surface area contributed by atoms with Crippen LogP contribution < -0.4 is 15.8 Å². The van der Waals surface area contributed by atoms with Gasteiger partial charge in [0.1, 0.15) is 11.9 Å². The summed E-state index contributed by atoms with van der Waals surface area (Å²) >= 11 is 1.48. The third-order valence-corrected chi connectivity index (χ3v) is 4.79. The molecule has 150 valence electrons. The van der Waals surface area contributed by atoms with Crippen molar-refractivity contribution in [3.05, 3.63) is 59.5 Å². The third-order valence-electron chi connectivity index (χ3n) is 3.57. The fourth-order valence-corrected chi connectivity index (χ4v) is 3.41. The van der Waals surface area contributed by atoms with E-state index in [4.69, 9.17) is 5.73 Å². The highest BCUT2D eigenvalue weighted by molar-refractivity contribution is 14.0. The Morgan fingerprint density at radius 3 is 2.50 bits per heavy atom. The molecule has 1 atom stereocenters. The number of nitrogens with two attached hydrogens (primary N) is 1. The summed E-state index contributed by atoms with van der Waals surface area (Å²) in [5.74, 6) is -0.289. The number of aliphatic hydroxyl groups excluding tert-OH is 1. The zero-order valence-electron chi connectivity index (χ0n) is 14.3. The summed E-state index contributed by atoms with van der Waals surface area (Å²) in [6.45, 7) is 0.0565. The molecule has 0 saturated carbocycles. The first kappa shape index (κ1) is 22.2. The third kappa shape index (κ3) is 6.24. The van der Waals surface area contributed by atoms with E-state index in [2.05, 4.69) is 15.0 Å². The van der Waals surface area contributed by atoms with Crippen molar-refractivity contribution in [2.75, 3.05) is 11.9 Å². The Hall–Kier alpha value is -2.05. The van der Waals surface area contributed by atoms with Crippen molar-refractivity contribution in [1.82, 2.24) is 0 Å². The first-order valence-corrected chi connectivity index (χ1v) is 8.71. The van der Waals surface area contributed by atoms with Crippen LogP contribution >= 0.6 is 35.3 Å². The molecule has 0 bridgehead atoms. The number of nitrogens with one attached hydrogen (secondary N) is 1. The Morgan fingerprint density at radius 2 is 1.86 bits per heavy atom. The number of aliphatic imine (C=N–C) groups is 1. The molecule has 0 aliphatic carbocycles. The molecule has 1 heterocycles. The molecule has 0 amide bonds. The van der Waals surface area contributed by atoms with Gasteiger partial charge in [0.15, 0.2) is 5.96 Å². The van der Waals surface area contributed by atoms with Gasteiger partial charge in [0.2, 0.25) is 0 Å². The van der Waals surface area contributed by atoms with Gasteiger partial charge in [0.25, 0.3) is 0 Å². The molecular weight excluding hydrogens is 506 g/mol. The zero-order valence-corrected chi connectivity index (χ0v) is 17.5. The molecular formula is C18H17F3IN3O2S. The fourth-order valence-electron chi connectivity index (χ4n) is 2.37. The number of anilines is 1.